The van der Waals surface area contributed by atoms with Gasteiger partial charge in [-0.25, -0.2) is 0 Å². The predicted molar refractivity (Wildman–Crippen MR) is 211 cm³/mol. The number of rotatable bonds is 0. The molecule has 0 N–H and O–H groups in total. The first-order chi connectivity index (χ1) is 23.9. The molecular weight excluding hydrogens is 611 g/mol. The SMILES string of the molecule is CC1(C)c2ccccc2-c2c1cc1c3c2-c2cccc4c5c6ccccc6ccc5n(c24)B3c2cccc3c2N1c1ccccc1S3(C)C. The van der Waals surface area contributed by atoms with Gasteiger partial charge in [0.25, 0.3) is 0 Å². The first-order valence-electron chi connectivity index (χ1n) is 17.4. The van der Waals surface area contributed by atoms with E-state index < -0.39 is 10.0 Å². The molecular formula is C45H33BN2S. The number of hydrogen-bond donors (Lipinski definition) is 0. The second-order valence-corrected chi connectivity index (χ2v) is 18.8. The van der Waals surface area contributed by atoms with Crippen molar-refractivity contribution in [1.82, 2.24) is 4.48 Å². The Morgan fingerprint density at radius 1 is 0.612 bits per heavy atom. The zero-order chi connectivity index (χ0) is 32.6. The summed E-state index contributed by atoms with van der Waals surface area (Å²) < 4.78 is 2.73. The summed E-state index contributed by atoms with van der Waals surface area (Å²) in [4.78, 5) is 5.61. The van der Waals surface area contributed by atoms with Crippen LogP contribution in [0.5, 0.6) is 0 Å². The van der Waals surface area contributed by atoms with Crippen LogP contribution >= 0.6 is 10.0 Å². The molecule has 232 valence electrons. The van der Waals surface area contributed by atoms with Gasteiger partial charge in [-0.2, -0.15) is 10.0 Å². The third-order valence-electron chi connectivity index (χ3n) is 12.4. The van der Waals surface area contributed by atoms with E-state index in [9.17, 15) is 0 Å². The molecule has 0 fully saturated rings. The normalized spacial score (nSPS) is 17.1. The minimum absolute atomic E-state index is 0.0499. The number of fused-ring (bicyclic) bond motifs is 15. The summed E-state index contributed by atoms with van der Waals surface area (Å²) >= 11 is 0. The number of benzene rings is 7. The quantitative estimate of drug-likeness (QED) is 0.149. The fourth-order valence-corrected chi connectivity index (χ4v) is 12.8. The van der Waals surface area contributed by atoms with Crippen molar-refractivity contribution in [1.29, 1.82) is 0 Å². The number of para-hydroxylation sites is 3. The lowest BCUT2D eigenvalue weighted by Gasteiger charge is -2.50. The van der Waals surface area contributed by atoms with Gasteiger partial charge in [-0.3, -0.25) is 0 Å². The van der Waals surface area contributed by atoms with Crippen LogP contribution in [0.3, 0.4) is 0 Å². The monoisotopic (exact) mass is 644 g/mol. The van der Waals surface area contributed by atoms with Crippen LogP contribution in [0.25, 0.3) is 54.8 Å². The lowest BCUT2D eigenvalue weighted by molar-refractivity contribution is 0.660. The average molecular weight is 645 g/mol. The third kappa shape index (κ3) is 2.90. The molecule has 0 saturated heterocycles. The van der Waals surface area contributed by atoms with Crippen molar-refractivity contribution in [3.05, 3.63) is 139 Å². The van der Waals surface area contributed by atoms with E-state index in [0.29, 0.717) is 0 Å². The molecule has 7 aromatic carbocycles. The second kappa shape index (κ2) is 8.51. The van der Waals surface area contributed by atoms with Crippen molar-refractivity contribution in [2.24, 2.45) is 0 Å². The maximum atomic E-state index is 2.73. The molecule has 0 unspecified atom stereocenters. The van der Waals surface area contributed by atoms with Gasteiger partial charge < -0.3 is 9.38 Å². The molecule has 49 heavy (non-hydrogen) atoms. The summed E-state index contributed by atoms with van der Waals surface area (Å²) in [5.41, 5.74) is 17.9. The molecule has 4 aliphatic rings. The van der Waals surface area contributed by atoms with E-state index in [2.05, 4.69) is 163 Å². The fourth-order valence-electron chi connectivity index (χ4n) is 10.3. The van der Waals surface area contributed by atoms with Crippen molar-refractivity contribution < 1.29 is 0 Å². The van der Waals surface area contributed by atoms with Gasteiger partial charge in [0, 0.05) is 48.3 Å². The second-order valence-electron chi connectivity index (χ2n) is 15.3. The minimum Gasteiger partial charge on any atom is -0.375 e. The summed E-state index contributed by atoms with van der Waals surface area (Å²) in [6, 6.07) is 48.9. The van der Waals surface area contributed by atoms with Gasteiger partial charge >= 0.3 is 6.85 Å². The summed E-state index contributed by atoms with van der Waals surface area (Å²) in [6.07, 6.45) is 4.99. The molecule has 1 aliphatic carbocycles. The predicted octanol–water partition coefficient (Wildman–Crippen LogP) is 10.5. The first kappa shape index (κ1) is 26.7. The lowest BCUT2D eigenvalue weighted by Crippen LogP contribution is -2.57. The molecule has 0 radical (unpaired) electrons. The van der Waals surface area contributed by atoms with Crippen LogP contribution < -0.4 is 15.8 Å². The maximum Gasteiger partial charge on any atom is 0.333 e. The van der Waals surface area contributed by atoms with Crippen molar-refractivity contribution in [2.75, 3.05) is 17.4 Å². The van der Waals surface area contributed by atoms with Crippen LogP contribution in [0.4, 0.5) is 17.1 Å². The van der Waals surface area contributed by atoms with Gasteiger partial charge in [0.15, 0.2) is 0 Å². The van der Waals surface area contributed by atoms with Crippen LogP contribution in [0.1, 0.15) is 25.0 Å². The lowest BCUT2D eigenvalue weighted by atomic mass is 9.44. The highest BCUT2D eigenvalue weighted by atomic mass is 32.3. The number of hydrogen-bond acceptors (Lipinski definition) is 1. The van der Waals surface area contributed by atoms with E-state index in [0.717, 1.165) is 0 Å². The van der Waals surface area contributed by atoms with Gasteiger partial charge in [0.2, 0.25) is 0 Å². The molecule has 1 aromatic heterocycles. The summed E-state index contributed by atoms with van der Waals surface area (Å²) in [7, 11) is -1.26. The first-order valence-corrected chi connectivity index (χ1v) is 19.8. The van der Waals surface area contributed by atoms with Crippen molar-refractivity contribution in [3.63, 3.8) is 0 Å². The Bertz CT molecular complexity index is 2860. The molecule has 0 spiro atoms. The summed E-state index contributed by atoms with van der Waals surface area (Å²) in [5, 5.41) is 5.34. The molecule has 8 aromatic rings. The van der Waals surface area contributed by atoms with Crippen LogP contribution in [0.15, 0.2) is 137 Å². The molecule has 2 nitrogen and oxygen atoms in total. The Kier molecular flexibility index (Phi) is 4.64. The van der Waals surface area contributed by atoms with Crippen molar-refractivity contribution in [3.8, 4) is 22.3 Å². The molecule has 4 heteroatoms. The van der Waals surface area contributed by atoms with E-state index in [4.69, 9.17) is 0 Å². The van der Waals surface area contributed by atoms with Crippen molar-refractivity contribution in [2.45, 2.75) is 29.1 Å². The van der Waals surface area contributed by atoms with Crippen LogP contribution in [0, 0.1) is 0 Å². The third-order valence-corrected chi connectivity index (χ3v) is 15.3. The van der Waals surface area contributed by atoms with E-state index in [1.165, 1.54) is 104 Å². The van der Waals surface area contributed by atoms with E-state index in [1.807, 2.05) is 0 Å². The van der Waals surface area contributed by atoms with Crippen LogP contribution in [0.2, 0.25) is 0 Å². The van der Waals surface area contributed by atoms with Gasteiger partial charge in [0.1, 0.15) is 0 Å². The molecule has 0 bridgehead atoms. The Morgan fingerprint density at radius 3 is 2.27 bits per heavy atom. The highest BCUT2D eigenvalue weighted by molar-refractivity contribution is 8.33. The molecule has 0 atom stereocenters. The van der Waals surface area contributed by atoms with E-state index >= 15 is 0 Å². The highest BCUT2D eigenvalue weighted by Gasteiger charge is 2.50. The van der Waals surface area contributed by atoms with Gasteiger partial charge in [-0.15, -0.1) is 0 Å². The standard InChI is InChI=1S/C45H33BN2S/c1-45(2)31-18-8-7-15-28(31)40-32(45)25-36-42-41(40)30-17-11-16-29-39-27-14-6-5-13-26(27)23-24-35(39)48(43(29)30)46(42)33-19-12-22-38-44(33)47(36)34-20-9-10-21-37(34)49(38,3)4/h5-25H,1-4H3. The summed E-state index contributed by atoms with van der Waals surface area (Å²) in [5.74, 6) is 0. The molecule has 4 heterocycles. The minimum atomic E-state index is -1.26. The van der Waals surface area contributed by atoms with Crippen LogP contribution in [-0.2, 0) is 5.41 Å². The number of nitrogens with zero attached hydrogens (tertiary/aromatic N) is 2. The smallest absolute Gasteiger partial charge is 0.333 e. The molecule has 12 rings (SSSR count). The number of aromatic nitrogens is 1. The Balaban J connectivity index is 1.35. The van der Waals surface area contributed by atoms with Crippen molar-refractivity contribution >= 4 is 77.4 Å². The molecule has 3 aliphatic heterocycles. The Morgan fingerprint density at radius 2 is 1.35 bits per heavy atom. The van der Waals surface area contributed by atoms with E-state index in [-0.39, 0.29) is 12.3 Å². The van der Waals surface area contributed by atoms with Gasteiger partial charge in [-0.05, 0) is 92.4 Å². The highest BCUT2D eigenvalue weighted by Crippen LogP contribution is 2.68. The van der Waals surface area contributed by atoms with Gasteiger partial charge in [-0.1, -0.05) is 111 Å². The largest absolute Gasteiger partial charge is 0.375 e. The Labute approximate surface area is 288 Å². The zero-order valence-electron chi connectivity index (χ0n) is 28.0. The summed E-state index contributed by atoms with van der Waals surface area (Å²) in [6.45, 7) is 4.91. The average Bonchev–Trinajstić information content (AvgIpc) is 3.58. The fraction of sp³-hybridized carbons (Fsp3) is 0.111. The van der Waals surface area contributed by atoms with Gasteiger partial charge in [0.05, 0.1) is 11.4 Å². The van der Waals surface area contributed by atoms with Crippen LogP contribution in [-0.4, -0.2) is 23.8 Å². The zero-order valence-corrected chi connectivity index (χ0v) is 28.8. The molecule has 0 amide bonds. The molecule has 0 saturated carbocycles. The number of anilines is 3. The maximum absolute atomic E-state index is 2.73. The topological polar surface area (TPSA) is 8.17 Å². The van der Waals surface area contributed by atoms with E-state index in [1.54, 1.807) is 0 Å². The Hall–Kier alpha value is -5.19.